The summed E-state index contributed by atoms with van der Waals surface area (Å²) in [6.07, 6.45) is 4.28. The Hall–Kier alpha value is -3.01. The average molecular weight is 404 g/mol. The highest BCUT2D eigenvalue weighted by Gasteiger charge is 2.47. The Morgan fingerprint density at radius 2 is 2.10 bits per heavy atom. The van der Waals surface area contributed by atoms with Crippen LogP contribution in [0.4, 0.5) is 0 Å². The first-order valence-electron chi connectivity index (χ1n) is 9.56. The summed E-state index contributed by atoms with van der Waals surface area (Å²) in [4.78, 5) is 41.4. The van der Waals surface area contributed by atoms with Crippen molar-refractivity contribution in [3.8, 4) is 0 Å². The van der Waals surface area contributed by atoms with Crippen LogP contribution < -0.4 is 21.7 Å². The summed E-state index contributed by atoms with van der Waals surface area (Å²) in [6, 6.07) is 2.59. The summed E-state index contributed by atoms with van der Waals surface area (Å²) in [5.74, 6) is -2.23. The number of hydrogen-bond acceptors (Lipinski definition) is 6. The van der Waals surface area contributed by atoms with Gasteiger partial charge >= 0.3 is 0 Å². The SMILES string of the molecule is C[C@@H](O)CC(=O)N[C@@H](CCCNC(=N)N)C(=O)C(=O)NC1(c2cccnc2)CC1. The number of nitrogens with one attached hydrogen (secondary N) is 4. The molecule has 0 aromatic carbocycles. The van der Waals surface area contributed by atoms with Crippen LogP contribution in [0.2, 0.25) is 0 Å². The molecule has 1 aromatic heterocycles. The van der Waals surface area contributed by atoms with Gasteiger partial charge in [-0.3, -0.25) is 24.8 Å². The first-order chi connectivity index (χ1) is 13.7. The molecule has 0 aliphatic heterocycles. The highest BCUT2D eigenvalue weighted by Crippen LogP contribution is 2.45. The summed E-state index contributed by atoms with van der Waals surface area (Å²) < 4.78 is 0. The number of ketones is 1. The number of amides is 2. The summed E-state index contributed by atoms with van der Waals surface area (Å²) >= 11 is 0. The number of nitrogens with zero attached hydrogens (tertiary/aromatic N) is 1. The van der Waals surface area contributed by atoms with Crippen LogP contribution in [-0.4, -0.2) is 52.3 Å². The molecule has 1 aliphatic rings. The molecule has 1 heterocycles. The first kappa shape index (κ1) is 22.3. The second-order valence-corrected chi connectivity index (χ2v) is 7.30. The van der Waals surface area contributed by atoms with Gasteiger partial charge < -0.3 is 26.8 Å². The smallest absolute Gasteiger partial charge is 0.290 e. The Morgan fingerprint density at radius 1 is 1.38 bits per heavy atom. The zero-order valence-corrected chi connectivity index (χ0v) is 16.4. The van der Waals surface area contributed by atoms with E-state index in [2.05, 4.69) is 20.9 Å². The van der Waals surface area contributed by atoms with Crippen molar-refractivity contribution < 1.29 is 19.5 Å². The van der Waals surface area contributed by atoms with Crippen LogP contribution in [0.1, 0.15) is 44.6 Å². The molecule has 7 N–H and O–H groups in total. The van der Waals surface area contributed by atoms with Crippen molar-refractivity contribution in [2.24, 2.45) is 5.73 Å². The van der Waals surface area contributed by atoms with E-state index in [9.17, 15) is 19.5 Å². The number of guanidine groups is 1. The summed E-state index contributed by atoms with van der Waals surface area (Å²) in [6.45, 7) is 1.79. The maximum absolute atomic E-state index is 12.7. The third-order valence-corrected chi connectivity index (χ3v) is 4.66. The van der Waals surface area contributed by atoms with Crippen LogP contribution >= 0.6 is 0 Å². The van der Waals surface area contributed by atoms with Crippen molar-refractivity contribution in [3.63, 3.8) is 0 Å². The Balaban J connectivity index is 2.01. The number of aromatic nitrogens is 1. The topological polar surface area (TPSA) is 170 Å². The Morgan fingerprint density at radius 3 is 2.66 bits per heavy atom. The number of pyridine rings is 1. The Labute approximate surface area is 169 Å². The van der Waals surface area contributed by atoms with Gasteiger partial charge in [-0.2, -0.15) is 0 Å². The van der Waals surface area contributed by atoms with Gasteiger partial charge in [-0.25, -0.2) is 0 Å². The van der Waals surface area contributed by atoms with Gasteiger partial charge in [-0.05, 0) is 44.2 Å². The minimum absolute atomic E-state index is 0.170. The summed E-state index contributed by atoms with van der Waals surface area (Å²) in [5, 5.41) is 24.4. The molecule has 0 radical (unpaired) electrons. The second-order valence-electron chi connectivity index (χ2n) is 7.30. The van der Waals surface area contributed by atoms with Gasteiger partial charge in [0.25, 0.3) is 5.91 Å². The zero-order valence-electron chi connectivity index (χ0n) is 16.4. The lowest BCUT2D eigenvalue weighted by Gasteiger charge is -2.21. The number of Topliss-reactive ketones (excluding diaryl/α,β-unsaturated/α-hetero) is 1. The van der Waals surface area contributed by atoms with Gasteiger partial charge in [0.05, 0.1) is 24.1 Å². The van der Waals surface area contributed by atoms with Crippen LogP contribution in [0.5, 0.6) is 0 Å². The molecular formula is C19H28N6O4. The molecule has 0 spiro atoms. The lowest BCUT2D eigenvalue weighted by molar-refractivity contribution is -0.141. The van der Waals surface area contributed by atoms with Crippen LogP contribution in [0.3, 0.4) is 0 Å². The number of rotatable bonds is 11. The third-order valence-electron chi connectivity index (χ3n) is 4.66. The van der Waals surface area contributed by atoms with E-state index in [0.29, 0.717) is 25.8 Å². The number of nitrogens with two attached hydrogens (primary N) is 1. The molecular weight excluding hydrogens is 376 g/mol. The lowest BCUT2D eigenvalue weighted by atomic mass is 10.0. The normalized spacial score (nSPS) is 16.2. The van der Waals surface area contributed by atoms with Gasteiger partial charge in [0.1, 0.15) is 0 Å². The van der Waals surface area contributed by atoms with E-state index in [-0.39, 0.29) is 18.8 Å². The van der Waals surface area contributed by atoms with Crippen molar-refractivity contribution in [1.29, 1.82) is 5.41 Å². The summed E-state index contributed by atoms with van der Waals surface area (Å²) in [7, 11) is 0. The van der Waals surface area contributed by atoms with Gasteiger partial charge in [0.2, 0.25) is 11.7 Å². The first-order valence-corrected chi connectivity index (χ1v) is 9.56. The molecule has 1 aliphatic carbocycles. The van der Waals surface area contributed by atoms with Gasteiger partial charge in [-0.15, -0.1) is 0 Å². The number of carbonyl (C=O) groups excluding carboxylic acids is 3. The Bertz CT molecular complexity index is 748. The minimum Gasteiger partial charge on any atom is -0.393 e. The van der Waals surface area contributed by atoms with Crippen LogP contribution in [-0.2, 0) is 19.9 Å². The van der Waals surface area contributed by atoms with E-state index in [1.165, 1.54) is 6.92 Å². The molecule has 0 bridgehead atoms. The standard InChI is InChI=1S/C19H28N6O4/c1-12(26)10-15(27)24-14(5-3-9-23-18(20)21)16(28)17(29)25-19(6-7-19)13-4-2-8-22-11-13/h2,4,8,11-12,14,26H,3,5-7,9-10H2,1H3,(H,24,27)(H,25,29)(H4,20,21,23)/t12-,14+/m1/s1. The van der Waals surface area contributed by atoms with Crippen molar-refractivity contribution >= 4 is 23.6 Å². The van der Waals surface area contributed by atoms with E-state index in [4.69, 9.17) is 11.1 Å². The van der Waals surface area contributed by atoms with Crippen molar-refractivity contribution in [2.45, 2.75) is 56.7 Å². The molecule has 2 atom stereocenters. The van der Waals surface area contributed by atoms with E-state index in [1.54, 1.807) is 18.5 Å². The number of carbonyl (C=O) groups is 3. The maximum Gasteiger partial charge on any atom is 0.290 e. The molecule has 10 nitrogen and oxygen atoms in total. The van der Waals surface area contributed by atoms with Crippen LogP contribution in [0.15, 0.2) is 24.5 Å². The van der Waals surface area contributed by atoms with Gasteiger partial charge in [0, 0.05) is 18.9 Å². The predicted octanol–water partition coefficient (Wildman–Crippen LogP) is -0.725. The predicted molar refractivity (Wildman–Crippen MR) is 106 cm³/mol. The number of hydrogen-bond donors (Lipinski definition) is 6. The van der Waals surface area contributed by atoms with E-state index >= 15 is 0 Å². The molecule has 10 heteroatoms. The van der Waals surface area contributed by atoms with Gasteiger partial charge in [0.15, 0.2) is 5.96 Å². The summed E-state index contributed by atoms with van der Waals surface area (Å²) in [5.41, 5.74) is 5.47. The lowest BCUT2D eigenvalue weighted by Crippen LogP contribution is -2.50. The largest absolute Gasteiger partial charge is 0.393 e. The van der Waals surface area contributed by atoms with Crippen molar-refractivity contribution in [1.82, 2.24) is 20.9 Å². The Kier molecular flexibility index (Phi) is 7.66. The minimum atomic E-state index is -1.03. The maximum atomic E-state index is 12.7. The molecule has 0 unspecified atom stereocenters. The quantitative estimate of drug-likeness (QED) is 0.122. The highest BCUT2D eigenvalue weighted by molar-refractivity contribution is 6.38. The van der Waals surface area contributed by atoms with E-state index < -0.39 is 35.3 Å². The second kappa shape index (κ2) is 9.97. The molecule has 1 saturated carbocycles. The van der Waals surface area contributed by atoms with E-state index in [0.717, 1.165) is 5.56 Å². The molecule has 2 rings (SSSR count). The fourth-order valence-corrected chi connectivity index (χ4v) is 3.01. The van der Waals surface area contributed by atoms with Crippen LogP contribution in [0, 0.1) is 5.41 Å². The zero-order chi connectivity index (χ0) is 21.4. The monoisotopic (exact) mass is 404 g/mol. The molecule has 2 amide bonds. The number of aliphatic hydroxyl groups is 1. The fraction of sp³-hybridized carbons (Fsp3) is 0.526. The molecule has 1 aromatic rings. The average Bonchev–Trinajstić information content (AvgIpc) is 3.44. The number of aliphatic hydroxyl groups excluding tert-OH is 1. The van der Waals surface area contributed by atoms with Crippen molar-refractivity contribution in [3.05, 3.63) is 30.1 Å². The third kappa shape index (κ3) is 6.83. The van der Waals surface area contributed by atoms with Crippen LogP contribution in [0.25, 0.3) is 0 Å². The van der Waals surface area contributed by atoms with E-state index in [1.807, 2.05) is 6.07 Å². The molecule has 0 saturated heterocycles. The van der Waals surface area contributed by atoms with Crippen molar-refractivity contribution in [2.75, 3.05) is 6.54 Å². The molecule has 29 heavy (non-hydrogen) atoms. The highest BCUT2D eigenvalue weighted by atomic mass is 16.3. The molecule has 1 fully saturated rings. The van der Waals surface area contributed by atoms with Gasteiger partial charge in [-0.1, -0.05) is 6.07 Å². The fourth-order valence-electron chi connectivity index (χ4n) is 3.01. The molecule has 158 valence electrons.